The average molecular weight is 281 g/mol. The van der Waals surface area contributed by atoms with Crippen molar-refractivity contribution in [3.63, 3.8) is 0 Å². The summed E-state index contributed by atoms with van der Waals surface area (Å²) in [6.45, 7) is 7.14. The van der Waals surface area contributed by atoms with Crippen molar-refractivity contribution in [2.75, 3.05) is 40.6 Å². The van der Waals surface area contributed by atoms with E-state index in [1.807, 2.05) is 6.07 Å². The first kappa shape index (κ1) is 17.0. The van der Waals surface area contributed by atoms with E-state index >= 15 is 0 Å². The molecular weight excluding hydrogens is 254 g/mol. The van der Waals surface area contributed by atoms with Crippen molar-refractivity contribution in [2.24, 2.45) is 0 Å². The largest absolute Gasteiger partial charge is 0.497 e. The van der Waals surface area contributed by atoms with Gasteiger partial charge in [-0.3, -0.25) is 0 Å². The van der Waals surface area contributed by atoms with E-state index in [4.69, 9.17) is 14.2 Å². The lowest BCUT2D eigenvalue weighted by Crippen LogP contribution is -2.27. The Hall–Kier alpha value is -1.10. The Bertz CT molecular complexity index is 382. The Kier molecular flexibility index (Phi) is 8.26. The molecule has 20 heavy (non-hydrogen) atoms. The molecule has 0 amide bonds. The van der Waals surface area contributed by atoms with Crippen molar-refractivity contribution in [1.29, 1.82) is 0 Å². The van der Waals surface area contributed by atoms with Crippen LogP contribution in [-0.4, -0.2) is 40.6 Å². The van der Waals surface area contributed by atoms with Crippen molar-refractivity contribution < 1.29 is 14.2 Å². The standard InChI is InChI=1S/C16H27NO3/c1-5-8-17-16(12-20-10-9-18-3)15-7-6-14(19-4)11-13(15)2/h6-7,11,16-17H,5,8-10,12H2,1-4H3. The van der Waals surface area contributed by atoms with E-state index in [0.717, 1.165) is 18.7 Å². The molecule has 0 saturated carbocycles. The predicted molar refractivity (Wildman–Crippen MR) is 81.5 cm³/mol. The number of hydrogen-bond acceptors (Lipinski definition) is 4. The molecule has 1 aromatic carbocycles. The maximum Gasteiger partial charge on any atom is 0.119 e. The minimum Gasteiger partial charge on any atom is -0.497 e. The third-order valence-electron chi connectivity index (χ3n) is 3.21. The van der Waals surface area contributed by atoms with Gasteiger partial charge >= 0.3 is 0 Å². The summed E-state index contributed by atoms with van der Waals surface area (Å²) < 4.78 is 15.9. The molecule has 0 spiro atoms. The van der Waals surface area contributed by atoms with Gasteiger partial charge in [-0.05, 0) is 43.1 Å². The average Bonchev–Trinajstić information content (AvgIpc) is 2.47. The second-order valence-corrected chi connectivity index (χ2v) is 4.80. The van der Waals surface area contributed by atoms with Crippen molar-refractivity contribution in [3.8, 4) is 5.75 Å². The molecule has 0 fully saturated rings. The molecule has 1 rings (SSSR count). The van der Waals surface area contributed by atoms with E-state index in [9.17, 15) is 0 Å². The van der Waals surface area contributed by atoms with Crippen LogP contribution in [0.3, 0.4) is 0 Å². The van der Waals surface area contributed by atoms with Crippen LogP contribution in [0.2, 0.25) is 0 Å². The monoisotopic (exact) mass is 281 g/mol. The number of benzene rings is 1. The fraction of sp³-hybridized carbons (Fsp3) is 0.625. The van der Waals surface area contributed by atoms with Crippen LogP contribution in [0, 0.1) is 6.92 Å². The minimum absolute atomic E-state index is 0.206. The minimum atomic E-state index is 0.206. The smallest absolute Gasteiger partial charge is 0.119 e. The molecule has 1 N–H and O–H groups in total. The molecule has 0 heterocycles. The van der Waals surface area contributed by atoms with Gasteiger partial charge in [-0.15, -0.1) is 0 Å². The van der Waals surface area contributed by atoms with E-state index in [2.05, 4.69) is 31.3 Å². The first-order valence-electron chi connectivity index (χ1n) is 7.17. The number of nitrogens with one attached hydrogen (secondary N) is 1. The van der Waals surface area contributed by atoms with E-state index in [1.165, 1.54) is 11.1 Å². The lowest BCUT2D eigenvalue weighted by molar-refractivity contribution is 0.0585. The Morgan fingerprint density at radius 1 is 1.20 bits per heavy atom. The zero-order valence-corrected chi connectivity index (χ0v) is 13.1. The van der Waals surface area contributed by atoms with Gasteiger partial charge in [0.25, 0.3) is 0 Å². The first-order chi connectivity index (χ1) is 9.72. The van der Waals surface area contributed by atoms with Crippen LogP contribution < -0.4 is 10.1 Å². The summed E-state index contributed by atoms with van der Waals surface area (Å²) in [5.41, 5.74) is 2.48. The van der Waals surface area contributed by atoms with E-state index in [-0.39, 0.29) is 6.04 Å². The lowest BCUT2D eigenvalue weighted by Gasteiger charge is -2.21. The summed E-state index contributed by atoms with van der Waals surface area (Å²) in [6.07, 6.45) is 1.10. The Morgan fingerprint density at radius 2 is 2.00 bits per heavy atom. The number of hydrogen-bond donors (Lipinski definition) is 1. The Balaban J connectivity index is 2.70. The highest BCUT2D eigenvalue weighted by molar-refractivity contribution is 5.36. The van der Waals surface area contributed by atoms with Crippen molar-refractivity contribution in [1.82, 2.24) is 5.32 Å². The summed E-state index contributed by atoms with van der Waals surface area (Å²) in [6, 6.07) is 6.38. The van der Waals surface area contributed by atoms with Crippen LogP contribution in [0.5, 0.6) is 5.75 Å². The molecule has 1 atom stereocenters. The van der Waals surface area contributed by atoms with Crippen LogP contribution in [0.4, 0.5) is 0 Å². The number of ether oxygens (including phenoxy) is 3. The predicted octanol–water partition coefficient (Wildman–Crippen LogP) is 2.71. The highest BCUT2D eigenvalue weighted by atomic mass is 16.5. The van der Waals surface area contributed by atoms with Gasteiger partial charge in [-0.25, -0.2) is 0 Å². The maximum atomic E-state index is 5.68. The van der Waals surface area contributed by atoms with Gasteiger partial charge in [-0.2, -0.15) is 0 Å². The van der Waals surface area contributed by atoms with Gasteiger partial charge in [-0.1, -0.05) is 13.0 Å². The van der Waals surface area contributed by atoms with Crippen LogP contribution >= 0.6 is 0 Å². The molecule has 0 aliphatic heterocycles. The summed E-state index contributed by atoms with van der Waals surface area (Å²) in [5.74, 6) is 0.890. The lowest BCUT2D eigenvalue weighted by atomic mass is 10.0. The second kappa shape index (κ2) is 9.75. The summed E-state index contributed by atoms with van der Waals surface area (Å²) in [7, 11) is 3.37. The normalized spacial score (nSPS) is 12.4. The van der Waals surface area contributed by atoms with Gasteiger partial charge in [0.05, 0.1) is 33.0 Å². The molecule has 4 heteroatoms. The van der Waals surface area contributed by atoms with Crippen molar-refractivity contribution in [2.45, 2.75) is 26.3 Å². The molecule has 0 saturated heterocycles. The van der Waals surface area contributed by atoms with Gasteiger partial charge in [0.2, 0.25) is 0 Å². The Morgan fingerprint density at radius 3 is 2.60 bits per heavy atom. The molecule has 0 aliphatic carbocycles. The molecule has 0 aromatic heterocycles. The highest BCUT2D eigenvalue weighted by Crippen LogP contribution is 2.23. The summed E-state index contributed by atoms with van der Waals surface area (Å²) in [5, 5.41) is 3.53. The van der Waals surface area contributed by atoms with E-state index in [0.29, 0.717) is 19.8 Å². The molecule has 0 aliphatic rings. The zero-order valence-electron chi connectivity index (χ0n) is 13.1. The maximum absolute atomic E-state index is 5.68. The Labute approximate surface area is 122 Å². The zero-order chi connectivity index (χ0) is 14.8. The third kappa shape index (κ3) is 5.49. The van der Waals surface area contributed by atoms with Gasteiger partial charge in [0.1, 0.15) is 5.75 Å². The molecule has 1 unspecified atom stereocenters. The fourth-order valence-corrected chi connectivity index (χ4v) is 2.09. The molecule has 1 aromatic rings. The van der Waals surface area contributed by atoms with Crippen LogP contribution in [0.1, 0.15) is 30.5 Å². The number of aryl methyl sites for hydroxylation is 1. The van der Waals surface area contributed by atoms with Crippen LogP contribution in [-0.2, 0) is 9.47 Å². The summed E-state index contributed by atoms with van der Waals surface area (Å²) in [4.78, 5) is 0. The van der Waals surface area contributed by atoms with Gasteiger partial charge in [0, 0.05) is 7.11 Å². The molecule has 114 valence electrons. The third-order valence-corrected chi connectivity index (χ3v) is 3.21. The van der Waals surface area contributed by atoms with E-state index < -0.39 is 0 Å². The number of methoxy groups -OCH3 is 2. The van der Waals surface area contributed by atoms with Crippen molar-refractivity contribution >= 4 is 0 Å². The molecule has 0 bridgehead atoms. The quantitative estimate of drug-likeness (QED) is 0.669. The van der Waals surface area contributed by atoms with Crippen molar-refractivity contribution in [3.05, 3.63) is 29.3 Å². The summed E-state index contributed by atoms with van der Waals surface area (Å²) >= 11 is 0. The topological polar surface area (TPSA) is 39.7 Å². The second-order valence-electron chi connectivity index (χ2n) is 4.80. The van der Waals surface area contributed by atoms with Gasteiger partial charge in [0.15, 0.2) is 0 Å². The molecule has 4 nitrogen and oxygen atoms in total. The van der Waals surface area contributed by atoms with Gasteiger partial charge < -0.3 is 19.5 Å². The molecular formula is C16H27NO3. The van der Waals surface area contributed by atoms with E-state index in [1.54, 1.807) is 14.2 Å². The number of rotatable bonds is 10. The molecule has 0 radical (unpaired) electrons. The SMILES string of the molecule is CCCNC(COCCOC)c1ccc(OC)cc1C. The fourth-order valence-electron chi connectivity index (χ4n) is 2.09. The van der Waals surface area contributed by atoms with Crippen LogP contribution in [0.15, 0.2) is 18.2 Å². The van der Waals surface area contributed by atoms with Crippen LogP contribution in [0.25, 0.3) is 0 Å². The first-order valence-corrected chi connectivity index (χ1v) is 7.17. The highest BCUT2D eigenvalue weighted by Gasteiger charge is 2.13.